The number of carbonyl (C=O) groups excluding carboxylic acids is 1. The fraction of sp³-hybridized carbons (Fsp3) is 0.250. The molecule has 0 aliphatic heterocycles. The van der Waals surface area contributed by atoms with Crippen LogP contribution in [-0.4, -0.2) is 21.1 Å². The van der Waals surface area contributed by atoms with Crippen molar-refractivity contribution in [2.24, 2.45) is 0 Å². The van der Waals surface area contributed by atoms with Crippen molar-refractivity contribution >= 4 is 11.6 Å². The first kappa shape index (κ1) is 14.0. The third-order valence-electron chi connectivity index (χ3n) is 2.49. The molecule has 5 nitrogen and oxygen atoms in total. The third-order valence-corrected chi connectivity index (χ3v) is 2.49. The SMILES string of the molecule is CC(C)c1nc(C(=O)Nc2cc(F)c(F)c(F)c2)n[nH]1. The monoisotopic (exact) mass is 284 g/mol. The number of H-pyrrole nitrogens is 1. The van der Waals surface area contributed by atoms with Crippen molar-refractivity contribution in [3.8, 4) is 0 Å². The van der Waals surface area contributed by atoms with E-state index < -0.39 is 23.4 Å². The molecule has 0 saturated heterocycles. The molecule has 106 valence electrons. The number of nitrogens with one attached hydrogen (secondary N) is 2. The number of aromatic nitrogens is 3. The Bertz CT molecular complexity index is 631. The zero-order valence-corrected chi connectivity index (χ0v) is 10.7. The molecule has 0 spiro atoms. The number of aromatic amines is 1. The standard InChI is InChI=1S/C12H11F3N4O/c1-5(2)10-17-11(19-18-10)12(20)16-6-3-7(13)9(15)8(14)4-6/h3-5H,1-2H3,(H,16,20)(H,17,18,19). The third kappa shape index (κ3) is 2.79. The summed E-state index contributed by atoms with van der Waals surface area (Å²) in [6.07, 6.45) is 0. The second-order valence-corrected chi connectivity index (χ2v) is 4.41. The van der Waals surface area contributed by atoms with Crippen LogP contribution in [0.15, 0.2) is 12.1 Å². The summed E-state index contributed by atoms with van der Waals surface area (Å²) < 4.78 is 38.8. The number of anilines is 1. The second-order valence-electron chi connectivity index (χ2n) is 4.41. The van der Waals surface area contributed by atoms with Crippen molar-refractivity contribution in [2.45, 2.75) is 19.8 Å². The molecule has 0 aliphatic rings. The molecular formula is C12H11F3N4O. The number of halogens is 3. The molecule has 0 radical (unpaired) electrons. The van der Waals surface area contributed by atoms with Crippen LogP contribution in [0.25, 0.3) is 0 Å². The summed E-state index contributed by atoms with van der Waals surface area (Å²) in [5, 5.41) is 8.45. The van der Waals surface area contributed by atoms with Crippen LogP contribution in [0.3, 0.4) is 0 Å². The maximum absolute atomic E-state index is 13.0. The Hall–Kier alpha value is -2.38. The normalized spacial score (nSPS) is 10.9. The lowest BCUT2D eigenvalue weighted by atomic mass is 10.2. The van der Waals surface area contributed by atoms with E-state index in [2.05, 4.69) is 20.5 Å². The number of carbonyl (C=O) groups is 1. The molecule has 0 aliphatic carbocycles. The highest BCUT2D eigenvalue weighted by atomic mass is 19.2. The van der Waals surface area contributed by atoms with Gasteiger partial charge in [-0.05, 0) is 0 Å². The van der Waals surface area contributed by atoms with Crippen LogP contribution in [0.4, 0.5) is 18.9 Å². The van der Waals surface area contributed by atoms with Gasteiger partial charge in [0.25, 0.3) is 5.91 Å². The second kappa shape index (κ2) is 5.32. The average Bonchev–Trinajstić information content (AvgIpc) is 2.85. The summed E-state index contributed by atoms with van der Waals surface area (Å²) >= 11 is 0. The number of benzene rings is 1. The van der Waals surface area contributed by atoms with Crippen LogP contribution in [0.1, 0.15) is 36.2 Å². The minimum absolute atomic E-state index is 0.0461. The van der Waals surface area contributed by atoms with E-state index in [1.807, 2.05) is 13.8 Å². The molecule has 8 heteroatoms. The zero-order chi connectivity index (χ0) is 14.9. The fourth-order valence-electron chi connectivity index (χ4n) is 1.45. The molecule has 0 atom stereocenters. The smallest absolute Gasteiger partial charge is 0.295 e. The number of amides is 1. The molecule has 2 rings (SSSR count). The predicted octanol–water partition coefficient (Wildman–Crippen LogP) is 2.60. The molecule has 20 heavy (non-hydrogen) atoms. The van der Waals surface area contributed by atoms with E-state index in [0.717, 1.165) is 0 Å². The predicted molar refractivity (Wildman–Crippen MR) is 64.7 cm³/mol. The maximum Gasteiger partial charge on any atom is 0.295 e. The van der Waals surface area contributed by atoms with Crippen LogP contribution < -0.4 is 5.32 Å². The fourth-order valence-corrected chi connectivity index (χ4v) is 1.45. The van der Waals surface area contributed by atoms with Gasteiger partial charge in [0, 0.05) is 23.7 Å². The van der Waals surface area contributed by atoms with Gasteiger partial charge in [-0.15, -0.1) is 5.10 Å². The molecule has 0 saturated carbocycles. The van der Waals surface area contributed by atoms with Gasteiger partial charge in [0.15, 0.2) is 17.5 Å². The number of hydrogen-bond acceptors (Lipinski definition) is 3. The summed E-state index contributed by atoms with van der Waals surface area (Å²) in [5.74, 6) is -4.74. The topological polar surface area (TPSA) is 70.7 Å². The van der Waals surface area contributed by atoms with Crippen LogP contribution in [0.5, 0.6) is 0 Å². The van der Waals surface area contributed by atoms with Gasteiger partial charge in [-0.3, -0.25) is 9.89 Å². The summed E-state index contributed by atoms with van der Waals surface area (Å²) in [6.45, 7) is 3.71. The molecule has 1 aromatic heterocycles. The Morgan fingerprint density at radius 1 is 1.25 bits per heavy atom. The summed E-state index contributed by atoms with van der Waals surface area (Å²) in [4.78, 5) is 15.7. The number of nitrogens with zero attached hydrogens (tertiary/aromatic N) is 2. The van der Waals surface area contributed by atoms with Crippen molar-refractivity contribution in [1.82, 2.24) is 15.2 Å². The van der Waals surface area contributed by atoms with Crippen molar-refractivity contribution in [2.75, 3.05) is 5.32 Å². The van der Waals surface area contributed by atoms with E-state index in [1.165, 1.54) is 0 Å². The van der Waals surface area contributed by atoms with E-state index in [-0.39, 0.29) is 17.4 Å². The lowest BCUT2D eigenvalue weighted by Gasteiger charge is -2.04. The van der Waals surface area contributed by atoms with Crippen LogP contribution in [0, 0.1) is 17.5 Å². The molecule has 0 fully saturated rings. The van der Waals surface area contributed by atoms with E-state index in [1.54, 1.807) is 0 Å². The summed E-state index contributed by atoms with van der Waals surface area (Å²) in [7, 11) is 0. The maximum atomic E-state index is 13.0. The Balaban J connectivity index is 2.19. The van der Waals surface area contributed by atoms with Crippen LogP contribution in [0.2, 0.25) is 0 Å². The van der Waals surface area contributed by atoms with Crippen LogP contribution in [-0.2, 0) is 0 Å². The van der Waals surface area contributed by atoms with Crippen molar-refractivity contribution in [3.05, 3.63) is 41.2 Å². The minimum Gasteiger partial charge on any atom is -0.319 e. The molecule has 0 unspecified atom stereocenters. The lowest BCUT2D eigenvalue weighted by Crippen LogP contribution is -2.14. The Kier molecular flexibility index (Phi) is 3.73. The lowest BCUT2D eigenvalue weighted by molar-refractivity contribution is 0.101. The highest BCUT2D eigenvalue weighted by Gasteiger charge is 2.16. The van der Waals surface area contributed by atoms with Gasteiger partial charge in [0.1, 0.15) is 5.82 Å². The molecule has 1 heterocycles. The molecule has 1 amide bonds. The number of hydrogen-bond donors (Lipinski definition) is 2. The van der Waals surface area contributed by atoms with Gasteiger partial charge in [-0.2, -0.15) is 0 Å². The van der Waals surface area contributed by atoms with Crippen molar-refractivity contribution < 1.29 is 18.0 Å². The van der Waals surface area contributed by atoms with Gasteiger partial charge in [0.2, 0.25) is 5.82 Å². The summed E-state index contributed by atoms with van der Waals surface area (Å²) in [5.41, 5.74) is -0.220. The minimum atomic E-state index is -1.59. The van der Waals surface area contributed by atoms with E-state index in [4.69, 9.17) is 0 Å². The number of rotatable bonds is 3. The molecule has 0 bridgehead atoms. The van der Waals surface area contributed by atoms with E-state index >= 15 is 0 Å². The van der Waals surface area contributed by atoms with Gasteiger partial charge >= 0.3 is 0 Å². The molecule has 1 aromatic carbocycles. The van der Waals surface area contributed by atoms with Crippen molar-refractivity contribution in [1.29, 1.82) is 0 Å². The quantitative estimate of drug-likeness (QED) is 0.851. The first-order chi connectivity index (χ1) is 9.38. The first-order valence-corrected chi connectivity index (χ1v) is 5.76. The van der Waals surface area contributed by atoms with E-state index in [9.17, 15) is 18.0 Å². The van der Waals surface area contributed by atoms with Gasteiger partial charge in [-0.25, -0.2) is 18.2 Å². The van der Waals surface area contributed by atoms with Crippen molar-refractivity contribution in [3.63, 3.8) is 0 Å². The molecular weight excluding hydrogens is 273 g/mol. The van der Waals surface area contributed by atoms with Gasteiger partial charge < -0.3 is 5.32 Å². The largest absolute Gasteiger partial charge is 0.319 e. The highest BCUT2D eigenvalue weighted by Crippen LogP contribution is 2.18. The Morgan fingerprint density at radius 2 is 1.85 bits per heavy atom. The zero-order valence-electron chi connectivity index (χ0n) is 10.7. The van der Waals surface area contributed by atoms with Gasteiger partial charge in [0.05, 0.1) is 0 Å². The van der Waals surface area contributed by atoms with Crippen LogP contribution >= 0.6 is 0 Å². The average molecular weight is 284 g/mol. The Labute approximate surface area is 112 Å². The highest BCUT2D eigenvalue weighted by molar-refractivity contribution is 6.01. The van der Waals surface area contributed by atoms with Gasteiger partial charge in [-0.1, -0.05) is 13.8 Å². The molecule has 2 N–H and O–H groups in total. The van der Waals surface area contributed by atoms with E-state index in [0.29, 0.717) is 18.0 Å². The Morgan fingerprint density at radius 3 is 2.35 bits per heavy atom. The molecule has 2 aromatic rings. The summed E-state index contributed by atoms with van der Waals surface area (Å²) in [6, 6.07) is 1.35. The first-order valence-electron chi connectivity index (χ1n) is 5.76.